The van der Waals surface area contributed by atoms with Crippen LogP contribution in [0, 0.1) is 10.1 Å². The van der Waals surface area contributed by atoms with E-state index in [0.29, 0.717) is 11.3 Å². The largest absolute Gasteiger partial charge is 0.349 e. The van der Waals surface area contributed by atoms with E-state index in [1.165, 1.54) is 35.5 Å². The van der Waals surface area contributed by atoms with Gasteiger partial charge in [-0.3, -0.25) is 19.7 Å². The highest BCUT2D eigenvalue weighted by Crippen LogP contribution is 2.24. The fourth-order valence-electron chi connectivity index (χ4n) is 2.74. The maximum atomic E-state index is 12.5. The Morgan fingerprint density at radius 2 is 1.79 bits per heavy atom. The SMILES string of the molecule is O=C(Nc1ccc(C(=O)NC2CC2)cc1)c1ccc(-n2cncn2)c([N+](=O)[O-])c1. The van der Waals surface area contributed by atoms with Crippen LogP contribution in [0.5, 0.6) is 0 Å². The molecule has 1 aromatic heterocycles. The van der Waals surface area contributed by atoms with Crippen LogP contribution in [-0.2, 0) is 0 Å². The average Bonchev–Trinajstić information content (AvgIpc) is 3.36. The molecule has 10 nitrogen and oxygen atoms in total. The van der Waals surface area contributed by atoms with Gasteiger partial charge < -0.3 is 10.6 Å². The molecule has 10 heteroatoms. The number of amides is 2. The molecule has 1 aliphatic rings. The first-order chi connectivity index (χ1) is 14.0. The summed E-state index contributed by atoms with van der Waals surface area (Å²) in [5.41, 5.74) is 1.03. The Morgan fingerprint density at radius 3 is 2.41 bits per heavy atom. The zero-order chi connectivity index (χ0) is 20.4. The van der Waals surface area contributed by atoms with Crippen molar-refractivity contribution in [3.05, 3.63) is 76.4 Å². The lowest BCUT2D eigenvalue weighted by atomic mass is 10.1. The van der Waals surface area contributed by atoms with Crippen molar-refractivity contribution in [2.75, 3.05) is 5.32 Å². The van der Waals surface area contributed by atoms with Gasteiger partial charge in [0.15, 0.2) is 0 Å². The molecule has 0 spiro atoms. The quantitative estimate of drug-likeness (QED) is 0.489. The molecular formula is C19H16N6O4. The molecule has 1 fully saturated rings. The van der Waals surface area contributed by atoms with Crippen molar-refractivity contribution in [1.82, 2.24) is 20.1 Å². The van der Waals surface area contributed by atoms with Crippen molar-refractivity contribution in [3.8, 4) is 5.69 Å². The van der Waals surface area contributed by atoms with E-state index in [1.807, 2.05) is 0 Å². The lowest BCUT2D eigenvalue weighted by Crippen LogP contribution is -2.25. The van der Waals surface area contributed by atoms with E-state index >= 15 is 0 Å². The number of benzene rings is 2. The number of anilines is 1. The van der Waals surface area contributed by atoms with Crippen molar-refractivity contribution >= 4 is 23.2 Å². The van der Waals surface area contributed by atoms with Crippen LogP contribution < -0.4 is 10.6 Å². The highest BCUT2D eigenvalue weighted by molar-refractivity contribution is 6.05. The Kier molecular flexibility index (Phi) is 4.73. The van der Waals surface area contributed by atoms with E-state index in [9.17, 15) is 19.7 Å². The van der Waals surface area contributed by atoms with E-state index in [2.05, 4.69) is 20.7 Å². The molecule has 4 rings (SSSR count). The van der Waals surface area contributed by atoms with Crippen LogP contribution in [0.4, 0.5) is 11.4 Å². The number of nitrogens with zero attached hydrogens (tertiary/aromatic N) is 4. The molecule has 0 saturated heterocycles. The third kappa shape index (κ3) is 4.10. The zero-order valence-electron chi connectivity index (χ0n) is 15.1. The van der Waals surface area contributed by atoms with Crippen LogP contribution in [0.1, 0.15) is 33.6 Å². The van der Waals surface area contributed by atoms with E-state index in [4.69, 9.17) is 0 Å². The molecule has 2 aromatic carbocycles. The fourth-order valence-corrected chi connectivity index (χ4v) is 2.74. The Bertz CT molecular complexity index is 1070. The summed E-state index contributed by atoms with van der Waals surface area (Å²) in [7, 11) is 0. The number of aromatic nitrogens is 3. The fraction of sp³-hybridized carbons (Fsp3) is 0.158. The number of carbonyl (C=O) groups is 2. The van der Waals surface area contributed by atoms with Crippen LogP contribution in [0.15, 0.2) is 55.1 Å². The van der Waals surface area contributed by atoms with E-state index < -0.39 is 10.8 Å². The molecular weight excluding hydrogens is 376 g/mol. The van der Waals surface area contributed by atoms with Crippen molar-refractivity contribution in [2.45, 2.75) is 18.9 Å². The van der Waals surface area contributed by atoms with Gasteiger partial charge in [-0.2, -0.15) is 5.10 Å². The van der Waals surface area contributed by atoms with E-state index in [-0.39, 0.29) is 28.9 Å². The number of nitro groups is 1. The van der Waals surface area contributed by atoms with Crippen molar-refractivity contribution in [2.24, 2.45) is 0 Å². The van der Waals surface area contributed by atoms with Gasteiger partial charge in [-0.25, -0.2) is 9.67 Å². The number of rotatable bonds is 6. The molecule has 1 aliphatic carbocycles. The Morgan fingerprint density at radius 1 is 1.07 bits per heavy atom. The highest BCUT2D eigenvalue weighted by atomic mass is 16.6. The normalized spacial score (nSPS) is 13.0. The number of nitrogens with one attached hydrogen (secondary N) is 2. The molecule has 2 amide bonds. The molecule has 1 heterocycles. The summed E-state index contributed by atoms with van der Waals surface area (Å²) in [5, 5.41) is 20.8. The highest BCUT2D eigenvalue weighted by Gasteiger charge is 2.24. The van der Waals surface area contributed by atoms with Gasteiger partial charge in [0, 0.05) is 28.9 Å². The summed E-state index contributed by atoms with van der Waals surface area (Å²) in [4.78, 5) is 39.1. The smallest absolute Gasteiger partial charge is 0.295 e. The Hall–Kier alpha value is -4.08. The first-order valence-electron chi connectivity index (χ1n) is 8.87. The van der Waals surface area contributed by atoms with Gasteiger partial charge in [-0.05, 0) is 49.2 Å². The minimum atomic E-state index is -0.582. The van der Waals surface area contributed by atoms with Gasteiger partial charge in [-0.1, -0.05) is 0 Å². The predicted octanol–water partition coefficient (Wildman–Crippen LogP) is 2.32. The summed E-state index contributed by atoms with van der Waals surface area (Å²) in [6, 6.07) is 10.8. The van der Waals surface area contributed by atoms with Crippen molar-refractivity contribution in [3.63, 3.8) is 0 Å². The lowest BCUT2D eigenvalue weighted by Gasteiger charge is -2.08. The van der Waals surface area contributed by atoms with Crippen LogP contribution in [0.3, 0.4) is 0 Å². The monoisotopic (exact) mass is 392 g/mol. The van der Waals surface area contributed by atoms with Crippen molar-refractivity contribution in [1.29, 1.82) is 0 Å². The number of carbonyl (C=O) groups excluding carboxylic acids is 2. The third-order valence-electron chi connectivity index (χ3n) is 4.42. The minimum absolute atomic E-state index is 0.121. The zero-order valence-corrected chi connectivity index (χ0v) is 15.1. The second-order valence-corrected chi connectivity index (χ2v) is 6.58. The molecule has 146 valence electrons. The molecule has 0 aliphatic heterocycles. The second kappa shape index (κ2) is 7.50. The molecule has 29 heavy (non-hydrogen) atoms. The van der Waals surface area contributed by atoms with Gasteiger partial charge in [0.1, 0.15) is 18.3 Å². The topological polar surface area (TPSA) is 132 Å². The lowest BCUT2D eigenvalue weighted by molar-refractivity contribution is -0.384. The number of hydrogen-bond acceptors (Lipinski definition) is 6. The van der Waals surface area contributed by atoms with Gasteiger partial charge in [0.25, 0.3) is 17.5 Å². The maximum absolute atomic E-state index is 12.5. The summed E-state index contributed by atoms with van der Waals surface area (Å²) >= 11 is 0. The van der Waals surface area contributed by atoms with E-state index in [1.54, 1.807) is 24.3 Å². The molecule has 0 radical (unpaired) electrons. The van der Waals surface area contributed by atoms with Gasteiger partial charge in [-0.15, -0.1) is 0 Å². The number of hydrogen-bond donors (Lipinski definition) is 2. The molecule has 1 saturated carbocycles. The Labute approximate surface area is 164 Å². The van der Waals surface area contributed by atoms with Crippen molar-refractivity contribution < 1.29 is 14.5 Å². The maximum Gasteiger partial charge on any atom is 0.295 e. The summed E-state index contributed by atoms with van der Waals surface area (Å²) in [6.45, 7) is 0. The standard InChI is InChI=1S/C19H16N6O4/c26-18(22-15-6-7-15)12-1-4-14(5-2-12)23-19(27)13-3-8-16(17(9-13)25(28)29)24-11-20-10-21-24/h1-5,8-11,15H,6-7H2,(H,22,26)(H,23,27). The van der Waals surface area contributed by atoms with Crippen LogP contribution in [0.2, 0.25) is 0 Å². The average molecular weight is 392 g/mol. The first kappa shape index (κ1) is 18.3. The summed E-state index contributed by atoms with van der Waals surface area (Å²) in [5.74, 6) is -0.655. The predicted molar refractivity (Wildman–Crippen MR) is 103 cm³/mol. The van der Waals surface area contributed by atoms with Crippen LogP contribution in [0.25, 0.3) is 5.69 Å². The first-order valence-corrected chi connectivity index (χ1v) is 8.87. The summed E-state index contributed by atoms with van der Waals surface area (Å²) in [6.07, 6.45) is 4.60. The molecule has 0 bridgehead atoms. The molecule has 2 N–H and O–H groups in total. The molecule has 3 aromatic rings. The minimum Gasteiger partial charge on any atom is -0.349 e. The van der Waals surface area contributed by atoms with Crippen LogP contribution in [-0.4, -0.2) is 37.5 Å². The second-order valence-electron chi connectivity index (χ2n) is 6.58. The Balaban J connectivity index is 1.50. The van der Waals surface area contributed by atoms with Gasteiger partial charge in [0.2, 0.25) is 0 Å². The molecule has 0 unspecified atom stereocenters. The van der Waals surface area contributed by atoms with Gasteiger partial charge in [0.05, 0.1) is 4.92 Å². The summed E-state index contributed by atoms with van der Waals surface area (Å²) < 4.78 is 1.26. The van der Waals surface area contributed by atoms with E-state index in [0.717, 1.165) is 12.8 Å². The third-order valence-corrected chi connectivity index (χ3v) is 4.42. The van der Waals surface area contributed by atoms with Crippen LogP contribution >= 0.6 is 0 Å². The molecule has 0 atom stereocenters. The van der Waals surface area contributed by atoms with Gasteiger partial charge >= 0.3 is 0 Å². The number of nitro benzene ring substituents is 1.